The molecular weight excluding hydrogens is 295 g/mol. The van der Waals surface area contributed by atoms with E-state index in [2.05, 4.69) is 4.98 Å². The second-order valence-electron chi connectivity index (χ2n) is 4.57. The minimum Gasteiger partial charge on any atom is -0.478 e. The van der Waals surface area contributed by atoms with E-state index in [1.807, 2.05) is 0 Å². The van der Waals surface area contributed by atoms with E-state index < -0.39 is 11.8 Å². The van der Waals surface area contributed by atoms with Crippen LogP contribution in [0.2, 0.25) is 5.02 Å². The van der Waals surface area contributed by atoms with Gasteiger partial charge in [0.05, 0.1) is 22.3 Å². The lowest BCUT2D eigenvalue weighted by atomic mass is 10.1. The van der Waals surface area contributed by atoms with Crippen LogP contribution >= 0.6 is 11.6 Å². The molecule has 1 aromatic heterocycles. The third kappa shape index (κ3) is 2.15. The van der Waals surface area contributed by atoms with Crippen LogP contribution in [0.15, 0.2) is 36.4 Å². The molecule has 1 heterocycles. The smallest absolute Gasteiger partial charge is 0.337 e. The number of carboxylic acids is 1. The van der Waals surface area contributed by atoms with Crippen molar-refractivity contribution in [3.63, 3.8) is 0 Å². The summed E-state index contributed by atoms with van der Waals surface area (Å²) in [5.74, 6) is -1.11. The van der Waals surface area contributed by atoms with Crippen molar-refractivity contribution < 1.29 is 14.3 Å². The van der Waals surface area contributed by atoms with Crippen LogP contribution in [-0.2, 0) is 0 Å². The molecular formula is C15H10ClFN2O2. The standard InChI is InChI=1S/C15H10ClFN2O2/c1-8-18-12-4-2-3-10(15(20)21)14(12)19(8)13-7-9(16)5-6-11(13)17/h2-7H,1H3,(H,20,21). The summed E-state index contributed by atoms with van der Waals surface area (Å²) in [5.41, 5.74) is 1.08. The molecule has 0 aliphatic rings. The minimum atomic E-state index is -1.09. The van der Waals surface area contributed by atoms with Crippen molar-refractivity contribution in [2.75, 3.05) is 0 Å². The van der Waals surface area contributed by atoms with Crippen LogP contribution < -0.4 is 0 Å². The Kier molecular flexibility index (Phi) is 3.14. The summed E-state index contributed by atoms with van der Waals surface area (Å²) in [7, 11) is 0. The summed E-state index contributed by atoms with van der Waals surface area (Å²) in [5, 5.41) is 9.69. The van der Waals surface area contributed by atoms with Crippen LogP contribution in [0.25, 0.3) is 16.7 Å². The van der Waals surface area contributed by atoms with E-state index in [4.69, 9.17) is 11.6 Å². The van der Waals surface area contributed by atoms with Crippen molar-refractivity contribution in [1.82, 2.24) is 9.55 Å². The number of hydrogen-bond acceptors (Lipinski definition) is 2. The number of aromatic nitrogens is 2. The van der Waals surface area contributed by atoms with Gasteiger partial charge < -0.3 is 5.11 Å². The highest BCUT2D eigenvalue weighted by molar-refractivity contribution is 6.30. The Balaban J connectivity index is 2.44. The number of benzene rings is 2. The number of carboxylic acid groups (broad SMARTS) is 1. The lowest BCUT2D eigenvalue weighted by Crippen LogP contribution is -2.05. The van der Waals surface area contributed by atoms with Crippen molar-refractivity contribution in [2.45, 2.75) is 6.92 Å². The monoisotopic (exact) mass is 304 g/mol. The number of carbonyl (C=O) groups is 1. The lowest BCUT2D eigenvalue weighted by molar-refractivity contribution is 0.0698. The van der Waals surface area contributed by atoms with Crippen LogP contribution in [0.3, 0.4) is 0 Å². The van der Waals surface area contributed by atoms with E-state index in [9.17, 15) is 14.3 Å². The van der Waals surface area contributed by atoms with E-state index >= 15 is 0 Å². The fourth-order valence-corrected chi connectivity index (χ4v) is 2.53. The van der Waals surface area contributed by atoms with Crippen LogP contribution in [0.1, 0.15) is 16.2 Å². The van der Waals surface area contributed by atoms with Gasteiger partial charge in [-0.05, 0) is 37.3 Å². The lowest BCUT2D eigenvalue weighted by Gasteiger charge is -2.10. The molecule has 2 aromatic carbocycles. The van der Waals surface area contributed by atoms with Crippen molar-refractivity contribution >= 4 is 28.6 Å². The maximum absolute atomic E-state index is 14.1. The average Bonchev–Trinajstić information content (AvgIpc) is 2.77. The number of para-hydroxylation sites is 1. The van der Waals surface area contributed by atoms with Crippen LogP contribution in [0, 0.1) is 12.7 Å². The van der Waals surface area contributed by atoms with E-state index in [0.717, 1.165) is 0 Å². The highest BCUT2D eigenvalue weighted by Gasteiger charge is 2.18. The third-order valence-corrected chi connectivity index (χ3v) is 3.46. The first kappa shape index (κ1) is 13.6. The fourth-order valence-electron chi connectivity index (χ4n) is 2.37. The first-order chi connectivity index (χ1) is 9.99. The SMILES string of the molecule is Cc1nc2cccc(C(=O)O)c2n1-c1cc(Cl)ccc1F. The first-order valence-electron chi connectivity index (χ1n) is 6.16. The van der Waals surface area contributed by atoms with E-state index in [-0.39, 0.29) is 11.3 Å². The maximum Gasteiger partial charge on any atom is 0.337 e. The predicted octanol–water partition coefficient (Wildman–Crippen LogP) is 3.82. The topological polar surface area (TPSA) is 55.1 Å². The summed E-state index contributed by atoms with van der Waals surface area (Å²) in [6.45, 7) is 1.69. The Morgan fingerprint density at radius 3 is 2.81 bits per heavy atom. The van der Waals surface area contributed by atoms with Gasteiger partial charge in [0.1, 0.15) is 11.6 Å². The summed E-state index contributed by atoms with van der Waals surface area (Å²) in [4.78, 5) is 15.7. The number of fused-ring (bicyclic) bond motifs is 1. The second kappa shape index (κ2) is 4.86. The molecule has 0 atom stereocenters. The number of nitrogens with zero attached hydrogens (tertiary/aromatic N) is 2. The molecule has 0 amide bonds. The summed E-state index contributed by atoms with van der Waals surface area (Å²) >= 11 is 5.92. The number of rotatable bonds is 2. The highest BCUT2D eigenvalue weighted by atomic mass is 35.5. The number of aryl methyl sites for hydroxylation is 1. The largest absolute Gasteiger partial charge is 0.478 e. The quantitative estimate of drug-likeness (QED) is 0.783. The number of hydrogen-bond donors (Lipinski definition) is 1. The minimum absolute atomic E-state index is 0.0625. The van der Waals surface area contributed by atoms with Gasteiger partial charge in [-0.25, -0.2) is 14.2 Å². The first-order valence-corrected chi connectivity index (χ1v) is 6.53. The molecule has 0 saturated carbocycles. The molecule has 21 heavy (non-hydrogen) atoms. The zero-order valence-electron chi connectivity index (χ0n) is 11.0. The maximum atomic E-state index is 14.1. The Morgan fingerprint density at radius 1 is 1.33 bits per heavy atom. The number of aromatic carboxylic acids is 1. The van der Waals surface area contributed by atoms with Crippen molar-refractivity contribution in [3.8, 4) is 5.69 Å². The van der Waals surface area contributed by atoms with E-state index in [1.54, 1.807) is 19.1 Å². The molecule has 0 radical (unpaired) electrons. The molecule has 0 aliphatic heterocycles. The van der Waals surface area contributed by atoms with Gasteiger partial charge in [-0.15, -0.1) is 0 Å². The molecule has 0 saturated heterocycles. The third-order valence-electron chi connectivity index (χ3n) is 3.22. The Hall–Kier alpha value is -2.40. The van der Waals surface area contributed by atoms with Crippen molar-refractivity contribution in [3.05, 3.63) is 58.6 Å². The van der Waals surface area contributed by atoms with Crippen molar-refractivity contribution in [2.24, 2.45) is 0 Å². The van der Waals surface area contributed by atoms with Gasteiger partial charge in [0.25, 0.3) is 0 Å². The number of halogens is 2. The Morgan fingerprint density at radius 2 is 2.10 bits per heavy atom. The van der Waals surface area contributed by atoms with Crippen molar-refractivity contribution in [1.29, 1.82) is 0 Å². The molecule has 4 nitrogen and oxygen atoms in total. The molecule has 3 rings (SSSR count). The Labute approximate surface area is 124 Å². The highest BCUT2D eigenvalue weighted by Crippen LogP contribution is 2.27. The molecule has 1 N–H and O–H groups in total. The Bertz CT molecular complexity index is 873. The molecule has 0 bridgehead atoms. The summed E-state index contributed by atoms with van der Waals surface area (Å²) < 4.78 is 15.6. The van der Waals surface area contributed by atoms with Gasteiger partial charge >= 0.3 is 5.97 Å². The van der Waals surface area contributed by atoms with Gasteiger partial charge in [-0.3, -0.25) is 4.57 Å². The summed E-state index contributed by atoms with van der Waals surface area (Å²) in [6, 6.07) is 8.89. The normalized spacial score (nSPS) is 11.0. The van der Waals surface area contributed by atoms with Gasteiger partial charge in [-0.2, -0.15) is 0 Å². The summed E-state index contributed by atoms with van der Waals surface area (Å²) in [6.07, 6.45) is 0. The zero-order chi connectivity index (χ0) is 15.1. The zero-order valence-corrected chi connectivity index (χ0v) is 11.7. The van der Waals surface area contributed by atoms with Gasteiger partial charge in [0, 0.05) is 5.02 Å². The predicted molar refractivity (Wildman–Crippen MR) is 77.7 cm³/mol. The van der Waals surface area contributed by atoms with Gasteiger partial charge in [-0.1, -0.05) is 17.7 Å². The van der Waals surface area contributed by atoms with Crippen LogP contribution in [0.5, 0.6) is 0 Å². The van der Waals surface area contributed by atoms with E-state index in [1.165, 1.54) is 28.8 Å². The molecule has 106 valence electrons. The number of imidazole rings is 1. The average molecular weight is 305 g/mol. The molecule has 0 fully saturated rings. The molecule has 6 heteroatoms. The molecule has 0 aliphatic carbocycles. The fraction of sp³-hybridized carbons (Fsp3) is 0.0667. The second-order valence-corrected chi connectivity index (χ2v) is 5.01. The van der Waals surface area contributed by atoms with E-state index in [0.29, 0.717) is 21.9 Å². The molecule has 0 unspecified atom stereocenters. The van der Waals surface area contributed by atoms with Gasteiger partial charge in [0.15, 0.2) is 0 Å². The van der Waals surface area contributed by atoms with Crippen LogP contribution in [0.4, 0.5) is 4.39 Å². The molecule has 3 aromatic rings. The molecule has 0 spiro atoms. The van der Waals surface area contributed by atoms with Crippen LogP contribution in [-0.4, -0.2) is 20.6 Å². The van der Waals surface area contributed by atoms with Gasteiger partial charge in [0.2, 0.25) is 0 Å².